The van der Waals surface area contributed by atoms with Gasteiger partial charge in [-0.25, -0.2) is 0 Å². The van der Waals surface area contributed by atoms with Crippen LogP contribution in [0.3, 0.4) is 0 Å². The van der Waals surface area contributed by atoms with Crippen LogP contribution in [0.4, 0.5) is 0 Å². The van der Waals surface area contributed by atoms with Crippen LogP contribution in [0, 0.1) is 17.8 Å². The highest BCUT2D eigenvalue weighted by molar-refractivity contribution is 7.99. The maximum atomic E-state index is 10.6. The molecular weight excluding hydrogens is 356 g/mol. The van der Waals surface area contributed by atoms with E-state index in [1.807, 2.05) is 12.2 Å². The highest BCUT2D eigenvalue weighted by atomic mass is 32.2. The van der Waals surface area contributed by atoms with Crippen molar-refractivity contribution < 1.29 is 14.6 Å². The Balaban J connectivity index is 1.41. The van der Waals surface area contributed by atoms with E-state index in [1.54, 1.807) is 0 Å². The highest BCUT2D eigenvalue weighted by Crippen LogP contribution is 2.29. The van der Waals surface area contributed by atoms with E-state index in [-0.39, 0.29) is 5.75 Å². The first-order valence-corrected chi connectivity index (χ1v) is 10.8. The molecule has 0 aromatic rings. The van der Waals surface area contributed by atoms with Crippen LogP contribution in [0.25, 0.3) is 0 Å². The Morgan fingerprint density at radius 2 is 2.11 bits per heavy atom. The summed E-state index contributed by atoms with van der Waals surface area (Å²) in [6.07, 6.45) is 22.9. The highest BCUT2D eigenvalue weighted by Gasteiger charge is 2.16. The molecule has 0 saturated carbocycles. The van der Waals surface area contributed by atoms with Gasteiger partial charge >= 0.3 is 5.97 Å². The van der Waals surface area contributed by atoms with Gasteiger partial charge in [0.05, 0.1) is 11.5 Å². The molecule has 0 bridgehead atoms. The molecule has 27 heavy (non-hydrogen) atoms. The van der Waals surface area contributed by atoms with E-state index in [0.717, 1.165) is 30.8 Å². The Morgan fingerprint density at radius 3 is 2.81 bits per heavy atom. The lowest BCUT2D eigenvalue weighted by atomic mass is 9.85. The van der Waals surface area contributed by atoms with Gasteiger partial charge in [-0.05, 0) is 41.9 Å². The number of allylic oxidation sites excluding steroid dienone is 10. The number of carbonyl (C=O) groups is 1. The van der Waals surface area contributed by atoms with E-state index < -0.39 is 5.97 Å². The maximum absolute atomic E-state index is 10.6. The van der Waals surface area contributed by atoms with Crippen LogP contribution >= 0.6 is 11.8 Å². The number of carboxylic acid groups (broad SMARTS) is 1. The Morgan fingerprint density at radius 1 is 1.22 bits per heavy atom. The molecule has 2 unspecified atom stereocenters. The number of aliphatic carboxylic acids is 1. The largest absolute Gasteiger partial charge is 0.493 e. The van der Waals surface area contributed by atoms with Gasteiger partial charge in [0.1, 0.15) is 6.61 Å². The minimum atomic E-state index is -0.755. The maximum Gasteiger partial charge on any atom is 0.313 e. The molecule has 4 heteroatoms. The average molecular weight is 385 g/mol. The lowest BCUT2D eigenvalue weighted by Crippen LogP contribution is -2.11. The third-order valence-corrected chi connectivity index (χ3v) is 6.17. The van der Waals surface area contributed by atoms with Crippen LogP contribution in [0.15, 0.2) is 71.6 Å². The van der Waals surface area contributed by atoms with E-state index in [1.165, 1.54) is 22.9 Å². The van der Waals surface area contributed by atoms with Crippen molar-refractivity contribution in [2.45, 2.75) is 26.2 Å². The SMILES string of the molecule is C[C@@H]1C=CC(C2C=CC(COC3=CC=CC(CSCC(=O)O)C3)=CC2)=CC1. The number of thioether (sulfide) groups is 1. The average Bonchev–Trinajstić information content (AvgIpc) is 2.68. The first kappa shape index (κ1) is 19.8. The lowest BCUT2D eigenvalue weighted by molar-refractivity contribution is -0.133. The normalized spacial score (nSPS) is 27.0. The summed E-state index contributed by atoms with van der Waals surface area (Å²) in [5, 5.41) is 8.74. The molecule has 0 heterocycles. The van der Waals surface area contributed by atoms with E-state index >= 15 is 0 Å². The number of ether oxygens (including phenoxy) is 1. The third-order valence-electron chi connectivity index (χ3n) is 5.06. The fraction of sp³-hybridized carbons (Fsp3) is 0.435. The van der Waals surface area contributed by atoms with Crippen LogP contribution in [-0.2, 0) is 9.53 Å². The summed E-state index contributed by atoms with van der Waals surface area (Å²) in [6.45, 7) is 2.85. The number of hydrogen-bond donors (Lipinski definition) is 1. The predicted molar refractivity (Wildman–Crippen MR) is 113 cm³/mol. The standard InChI is InChI=1S/C23H28O3S/c1-17-5-9-20(10-6-17)21-11-7-18(8-12-21)14-26-22-4-2-3-19(13-22)15-27-16-23(24)25/h2-5,7-11,17,19,21H,6,12-16H2,1H3,(H,24,25)/t17-,19?,21?/m1/s1. The van der Waals surface area contributed by atoms with Crippen LogP contribution in [0.2, 0.25) is 0 Å². The quantitative estimate of drug-likeness (QED) is 0.616. The second-order valence-corrected chi connectivity index (χ2v) is 8.47. The second-order valence-electron chi connectivity index (χ2n) is 7.44. The molecule has 1 N–H and O–H groups in total. The summed E-state index contributed by atoms with van der Waals surface area (Å²) in [4.78, 5) is 10.6. The summed E-state index contributed by atoms with van der Waals surface area (Å²) < 4.78 is 6.01. The van der Waals surface area contributed by atoms with Crippen LogP contribution in [-0.4, -0.2) is 29.2 Å². The molecule has 0 aromatic heterocycles. The van der Waals surface area contributed by atoms with Crippen LogP contribution in [0.5, 0.6) is 0 Å². The van der Waals surface area contributed by atoms with Crippen molar-refractivity contribution in [3.05, 3.63) is 71.6 Å². The van der Waals surface area contributed by atoms with Crippen molar-refractivity contribution in [2.24, 2.45) is 17.8 Å². The number of hydrogen-bond acceptors (Lipinski definition) is 3. The van der Waals surface area contributed by atoms with Crippen molar-refractivity contribution in [3.8, 4) is 0 Å². The molecule has 0 radical (unpaired) electrons. The van der Waals surface area contributed by atoms with Gasteiger partial charge in [0, 0.05) is 18.1 Å². The molecule has 0 aromatic carbocycles. The molecule has 3 rings (SSSR count). The van der Waals surface area contributed by atoms with E-state index in [4.69, 9.17) is 9.84 Å². The molecule has 0 fully saturated rings. The minimum absolute atomic E-state index is 0.160. The number of rotatable bonds is 8. The fourth-order valence-electron chi connectivity index (χ4n) is 3.45. The van der Waals surface area contributed by atoms with E-state index in [2.05, 4.69) is 49.5 Å². The first-order valence-electron chi connectivity index (χ1n) is 9.65. The summed E-state index contributed by atoms with van der Waals surface area (Å²) in [6, 6.07) is 0. The molecule has 0 spiro atoms. The molecule has 3 aliphatic carbocycles. The zero-order valence-corrected chi connectivity index (χ0v) is 16.7. The lowest BCUT2D eigenvalue weighted by Gasteiger charge is -2.22. The van der Waals surface area contributed by atoms with Crippen molar-refractivity contribution in [1.29, 1.82) is 0 Å². The topological polar surface area (TPSA) is 46.5 Å². The summed E-state index contributed by atoms with van der Waals surface area (Å²) >= 11 is 1.46. The molecule has 144 valence electrons. The van der Waals surface area contributed by atoms with Crippen molar-refractivity contribution in [3.63, 3.8) is 0 Å². The zero-order chi connectivity index (χ0) is 19.1. The van der Waals surface area contributed by atoms with Crippen molar-refractivity contribution in [2.75, 3.05) is 18.1 Å². The molecular formula is C23H28O3S. The van der Waals surface area contributed by atoms with Gasteiger partial charge in [0.2, 0.25) is 0 Å². The summed E-state index contributed by atoms with van der Waals surface area (Å²) in [5.74, 6) is 2.71. The monoisotopic (exact) mass is 384 g/mol. The Bertz CT molecular complexity index is 724. The number of carboxylic acids is 1. The first-order chi connectivity index (χ1) is 13.1. The van der Waals surface area contributed by atoms with Gasteiger partial charge in [0.15, 0.2) is 0 Å². The van der Waals surface area contributed by atoms with Gasteiger partial charge in [-0.1, -0.05) is 55.5 Å². The minimum Gasteiger partial charge on any atom is -0.493 e. The molecule has 0 amide bonds. The Kier molecular flexibility index (Phi) is 7.22. The molecule has 3 atom stereocenters. The van der Waals surface area contributed by atoms with Gasteiger partial charge in [-0.2, -0.15) is 0 Å². The van der Waals surface area contributed by atoms with Crippen LogP contribution < -0.4 is 0 Å². The van der Waals surface area contributed by atoms with E-state index in [9.17, 15) is 4.79 Å². The summed E-state index contributed by atoms with van der Waals surface area (Å²) in [5.41, 5.74) is 2.66. The van der Waals surface area contributed by atoms with Gasteiger partial charge in [-0.15, -0.1) is 11.8 Å². The Labute approximate surface area is 166 Å². The third kappa shape index (κ3) is 6.31. The van der Waals surface area contributed by atoms with Crippen molar-refractivity contribution in [1.82, 2.24) is 0 Å². The fourth-order valence-corrected chi connectivity index (χ4v) is 4.27. The van der Waals surface area contributed by atoms with E-state index in [0.29, 0.717) is 24.4 Å². The predicted octanol–water partition coefficient (Wildman–Crippen LogP) is 5.31. The molecule has 0 aliphatic heterocycles. The van der Waals surface area contributed by atoms with Gasteiger partial charge in [-0.3, -0.25) is 4.79 Å². The molecule has 0 saturated heterocycles. The Hall–Kier alpha value is -1.94. The smallest absolute Gasteiger partial charge is 0.313 e. The molecule has 3 aliphatic rings. The van der Waals surface area contributed by atoms with Gasteiger partial charge < -0.3 is 9.84 Å². The van der Waals surface area contributed by atoms with Crippen molar-refractivity contribution >= 4 is 17.7 Å². The molecule has 3 nitrogen and oxygen atoms in total. The zero-order valence-electron chi connectivity index (χ0n) is 15.8. The van der Waals surface area contributed by atoms with Crippen LogP contribution in [0.1, 0.15) is 26.2 Å². The summed E-state index contributed by atoms with van der Waals surface area (Å²) in [7, 11) is 0. The van der Waals surface area contributed by atoms with Gasteiger partial charge in [0.25, 0.3) is 0 Å². The second kappa shape index (κ2) is 9.84.